The molecule has 0 unspecified atom stereocenters. The van der Waals surface area contributed by atoms with E-state index >= 15 is 0 Å². The molecule has 0 amide bonds. The topological polar surface area (TPSA) is 95.3 Å². The van der Waals surface area contributed by atoms with E-state index in [2.05, 4.69) is 5.10 Å². The van der Waals surface area contributed by atoms with Crippen LogP contribution in [0.5, 0.6) is 5.88 Å². The van der Waals surface area contributed by atoms with Gasteiger partial charge in [0.05, 0.1) is 16.1 Å². The number of carbonyl (C=O) groups is 2. The average Bonchev–Trinajstić information content (AvgIpc) is 2.81. The van der Waals surface area contributed by atoms with Gasteiger partial charge in [-0.2, -0.15) is 5.10 Å². The molecule has 0 bridgehead atoms. The van der Waals surface area contributed by atoms with Crippen LogP contribution in [0.25, 0.3) is 0 Å². The zero-order chi connectivity index (χ0) is 19.1. The lowest BCUT2D eigenvalue weighted by Gasteiger charge is -2.13. The number of sulfone groups is 1. The van der Waals surface area contributed by atoms with Crippen molar-refractivity contribution in [2.24, 2.45) is 7.05 Å². The molecule has 9 heteroatoms. The minimum Gasteiger partial charge on any atom is -0.407 e. The molecular formula is C16H17ClN2O5S. The number of aryl methyl sites for hydroxylation is 2. The van der Waals surface area contributed by atoms with Crippen LogP contribution in [0.1, 0.15) is 34.0 Å². The Morgan fingerprint density at radius 3 is 2.36 bits per heavy atom. The fourth-order valence-electron chi connectivity index (χ4n) is 2.66. The van der Waals surface area contributed by atoms with Crippen molar-refractivity contribution in [3.8, 4) is 5.88 Å². The van der Waals surface area contributed by atoms with Gasteiger partial charge >= 0.3 is 5.97 Å². The highest BCUT2D eigenvalue weighted by molar-refractivity contribution is 7.90. The van der Waals surface area contributed by atoms with Gasteiger partial charge in [0.25, 0.3) is 0 Å². The molecule has 0 radical (unpaired) electrons. The number of benzene rings is 1. The van der Waals surface area contributed by atoms with E-state index in [4.69, 9.17) is 16.3 Å². The second-order valence-electron chi connectivity index (χ2n) is 5.69. The van der Waals surface area contributed by atoms with Crippen molar-refractivity contribution in [2.75, 3.05) is 6.26 Å². The number of hydrogen-bond acceptors (Lipinski definition) is 6. The largest absolute Gasteiger partial charge is 0.407 e. The zero-order valence-electron chi connectivity index (χ0n) is 14.4. The van der Waals surface area contributed by atoms with Gasteiger partial charge in [-0.1, -0.05) is 11.6 Å². The molecule has 1 aromatic carbocycles. The predicted octanol–water partition coefficient (Wildman–Crippen LogP) is 2.25. The second kappa shape index (κ2) is 6.61. The Hall–Kier alpha value is -2.19. The summed E-state index contributed by atoms with van der Waals surface area (Å²) in [7, 11) is -1.97. The predicted molar refractivity (Wildman–Crippen MR) is 92.0 cm³/mol. The van der Waals surface area contributed by atoms with Crippen LogP contribution in [0.3, 0.4) is 0 Å². The van der Waals surface area contributed by atoms with Crippen LogP contribution in [0.2, 0.25) is 5.02 Å². The molecule has 0 aliphatic carbocycles. The Bertz CT molecular complexity index is 992. The van der Waals surface area contributed by atoms with E-state index in [0.29, 0.717) is 11.1 Å². The summed E-state index contributed by atoms with van der Waals surface area (Å²) in [5, 5.41) is 3.96. The molecule has 2 aromatic rings. The van der Waals surface area contributed by atoms with Crippen LogP contribution in [0, 0.1) is 13.8 Å². The van der Waals surface area contributed by atoms with Crippen molar-refractivity contribution >= 4 is 33.2 Å². The van der Waals surface area contributed by atoms with Gasteiger partial charge in [0.15, 0.2) is 9.84 Å². The maximum Gasteiger partial charge on any atom is 0.309 e. The highest BCUT2D eigenvalue weighted by Crippen LogP contribution is 2.33. The lowest BCUT2D eigenvalue weighted by Crippen LogP contribution is -2.12. The minimum absolute atomic E-state index is 0.00365. The van der Waals surface area contributed by atoms with Crippen LogP contribution < -0.4 is 4.74 Å². The summed E-state index contributed by atoms with van der Waals surface area (Å²) in [6.45, 7) is 4.34. The molecule has 0 fully saturated rings. The summed E-state index contributed by atoms with van der Waals surface area (Å²) in [4.78, 5) is 24.2. The van der Waals surface area contributed by atoms with Gasteiger partial charge in [0, 0.05) is 25.8 Å². The first-order valence-corrected chi connectivity index (χ1v) is 9.47. The number of ketones is 1. The number of esters is 1. The Labute approximate surface area is 150 Å². The van der Waals surface area contributed by atoms with E-state index in [1.807, 2.05) is 0 Å². The Kier molecular flexibility index (Phi) is 5.06. The van der Waals surface area contributed by atoms with E-state index in [-0.39, 0.29) is 26.9 Å². The van der Waals surface area contributed by atoms with Gasteiger partial charge in [0.1, 0.15) is 5.56 Å². The third-order valence-corrected chi connectivity index (χ3v) is 5.47. The summed E-state index contributed by atoms with van der Waals surface area (Å²) >= 11 is 6.27. The maximum atomic E-state index is 12.9. The third-order valence-electron chi connectivity index (χ3n) is 3.61. The van der Waals surface area contributed by atoms with E-state index in [1.165, 1.54) is 30.9 Å². The lowest BCUT2D eigenvalue weighted by atomic mass is 10.0. The summed E-state index contributed by atoms with van der Waals surface area (Å²) < 4.78 is 30.2. The van der Waals surface area contributed by atoms with Gasteiger partial charge in [-0.05, 0) is 31.0 Å². The molecule has 134 valence electrons. The van der Waals surface area contributed by atoms with Crippen molar-refractivity contribution in [3.05, 3.63) is 39.5 Å². The standard InChI is InChI=1S/C16H17ClN2O5S/c1-8-6-11(13(17)9(2)15(8)25(5,22)23)14(21)12-7-18-19(4)16(12)24-10(3)20/h6-7H,1-5H3. The van der Waals surface area contributed by atoms with E-state index in [0.717, 1.165) is 6.26 Å². The van der Waals surface area contributed by atoms with Gasteiger partial charge in [-0.3, -0.25) is 9.59 Å². The first kappa shape index (κ1) is 19.1. The number of carbonyl (C=O) groups excluding carboxylic acids is 2. The van der Waals surface area contributed by atoms with E-state index < -0.39 is 21.6 Å². The Morgan fingerprint density at radius 2 is 1.84 bits per heavy atom. The number of hydrogen-bond donors (Lipinski definition) is 0. The SMILES string of the molecule is CC(=O)Oc1c(C(=O)c2cc(C)c(S(C)(=O)=O)c(C)c2Cl)cnn1C. The van der Waals surface area contributed by atoms with Crippen molar-refractivity contribution < 1.29 is 22.7 Å². The Balaban J connectivity index is 2.65. The third kappa shape index (κ3) is 3.59. The van der Waals surface area contributed by atoms with Gasteiger partial charge in [-0.15, -0.1) is 0 Å². The number of halogens is 1. The normalized spacial score (nSPS) is 11.4. The molecule has 0 aliphatic rings. The first-order valence-electron chi connectivity index (χ1n) is 7.20. The molecule has 0 atom stereocenters. The summed E-state index contributed by atoms with van der Waals surface area (Å²) in [6, 6.07) is 1.42. The summed E-state index contributed by atoms with van der Waals surface area (Å²) in [6.07, 6.45) is 2.35. The minimum atomic E-state index is -3.50. The van der Waals surface area contributed by atoms with E-state index in [1.54, 1.807) is 13.8 Å². The first-order chi connectivity index (χ1) is 11.4. The zero-order valence-corrected chi connectivity index (χ0v) is 15.9. The number of nitrogens with zero attached hydrogens (tertiary/aromatic N) is 2. The highest BCUT2D eigenvalue weighted by atomic mass is 35.5. The summed E-state index contributed by atoms with van der Waals surface area (Å²) in [5.41, 5.74) is 0.882. The fraction of sp³-hybridized carbons (Fsp3) is 0.312. The molecule has 0 saturated heterocycles. The molecule has 7 nitrogen and oxygen atoms in total. The summed E-state index contributed by atoms with van der Waals surface area (Å²) in [5.74, 6) is -1.11. The molecule has 2 rings (SSSR count). The van der Waals surface area contributed by atoms with Crippen molar-refractivity contribution in [3.63, 3.8) is 0 Å². The van der Waals surface area contributed by atoms with Crippen LogP contribution in [-0.4, -0.2) is 36.2 Å². The van der Waals surface area contributed by atoms with Crippen LogP contribution in [0.4, 0.5) is 0 Å². The molecule has 0 spiro atoms. The second-order valence-corrected chi connectivity index (χ2v) is 8.02. The van der Waals surface area contributed by atoms with Gasteiger partial charge < -0.3 is 4.74 Å². The number of aromatic nitrogens is 2. The highest BCUT2D eigenvalue weighted by Gasteiger charge is 2.26. The van der Waals surface area contributed by atoms with Gasteiger partial charge in [0.2, 0.25) is 11.7 Å². The van der Waals surface area contributed by atoms with Crippen molar-refractivity contribution in [1.82, 2.24) is 9.78 Å². The monoisotopic (exact) mass is 384 g/mol. The molecule has 1 heterocycles. The quantitative estimate of drug-likeness (QED) is 0.592. The Morgan fingerprint density at radius 1 is 1.24 bits per heavy atom. The van der Waals surface area contributed by atoms with Crippen molar-refractivity contribution in [1.29, 1.82) is 0 Å². The van der Waals surface area contributed by atoms with Crippen LogP contribution in [0.15, 0.2) is 17.2 Å². The molecule has 0 aliphatic heterocycles. The average molecular weight is 385 g/mol. The molecule has 25 heavy (non-hydrogen) atoms. The molecule has 0 N–H and O–H groups in total. The smallest absolute Gasteiger partial charge is 0.309 e. The molecule has 0 saturated carbocycles. The number of rotatable bonds is 4. The van der Waals surface area contributed by atoms with E-state index in [9.17, 15) is 18.0 Å². The van der Waals surface area contributed by atoms with Gasteiger partial charge in [-0.25, -0.2) is 13.1 Å². The van der Waals surface area contributed by atoms with Crippen molar-refractivity contribution in [2.45, 2.75) is 25.7 Å². The maximum absolute atomic E-state index is 12.9. The molecule has 1 aromatic heterocycles. The lowest BCUT2D eigenvalue weighted by molar-refractivity contribution is -0.132. The van der Waals surface area contributed by atoms with Crippen LogP contribution in [-0.2, 0) is 21.7 Å². The fourth-order valence-corrected chi connectivity index (χ4v) is 4.26. The number of ether oxygens (including phenoxy) is 1. The van der Waals surface area contributed by atoms with Crippen LogP contribution >= 0.6 is 11.6 Å². The molecular weight excluding hydrogens is 368 g/mol.